The second-order valence-electron chi connectivity index (χ2n) is 3.98. The molecule has 0 radical (unpaired) electrons. The summed E-state index contributed by atoms with van der Waals surface area (Å²) in [5.41, 5.74) is 0.153. The van der Waals surface area contributed by atoms with Gasteiger partial charge in [0.25, 0.3) is 0 Å². The Hall–Kier alpha value is -1.49. The zero-order valence-corrected chi connectivity index (χ0v) is 9.71. The third-order valence-electron chi connectivity index (χ3n) is 2.69. The molecule has 94 valence electrons. The van der Waals surface area contributed by atoms with Gasteiger partial charge in [-0.3, -0.25) is 4.79 Å². The molecule has 0 fully saturated rings. The molecule has 5 heteroatoms. The molecule has 1 rings (SSSR count). The Morgan fingerprint density at radius 1 is 1.47 bits per heavy atom. The van der Waals surface area contributed by atoms with Crippen LogP contribution in [0.5, 0.6) is 0 Å². The third-order valence-corrected chi connectivity index (χ3v) is 2.69. The molecular formula is C12H15F2NO2. The minimum absolute atomic E-state index is 0.153. The third kappa shape index (κ3) is 3.49. The van der Waals surface area contributed by atoms with Gasteiger partial charge in [-0.1, -0.05) is 6.92 Å². The number of nitrogens with one attached hydrogen (secondary N) is 1. The Labute approximate surface area is 98.5 Å². The summed E-state index contributed by atoms with van der Waals surface area (Å²) in [6, 6.07) is 2.65. The molecule has 0 aliphatic heterocycles. The first kappa shape index (κ1) is 13.6. The molecule has 0 aromatic heterocycles. The first-order chi connectivity index (χ1) is 7.95. The number of hydrogen-bond acceptors (Lipinski definition) is 2. The van der Waals surface area contributed by atoms with Gasteiger partial charge in [0.1, 0.15) is 11.6 Å². The van der Waals surface area contributed by atoms with Crippen molar-refractivity contribution >= 4 is 5.97 Å². The van der Waals surface area contributed by atoms with E-state index in [-0.39, 0.29) is 12.0 Å². The summed E-state index contributed by atoms with van der Waals surface area (Å²) in [5.74, 6) is -2.66. The molecule has 17 heavy (non-hydrogen) atoms. The summed E-state index contributed by atoms with van der Waals surface area (Å²) in [4.78, 5) is 10.7. The molecule has 0 saturated heterocycles. The smallest absolute Gasteiger partial charge is 0.306 e. The fourth-order valence-corrected chi connectivity index (χ4v) is 1.64. The largest absolute Gasteiger partial charge is 0.481 e. The van der Waals surface area contributed by atoms with Crippen LogP contribution < -0.4 is 5.32 Å². The molecule has 1 aromatic carbocycles. The molecule has 2 N–H and O–H groups in total. The lowest BCUT2D eigenvalue weighted by atomic mass is 9.95. The molecule has 2 unspecified atom stereocenters. The molecule has 0 saturated carbocycles. The van der Waals surface area contributed by atoms with Crippen LogP contribution in [-0.2, 0) is 4.79 Å². The van der Waals surface area contributed by atoms with Crippen LogP contribution in [0, 0.1) is 17.6 Å². The molecule has 0 bridgehead atoms. The van der Waals surface area contributed by atoms with E-state index in [2.05, 4.69) is 5.32 Å². The number of rotatable bonds is 5. The number of halogens is 2. The SMILES string of the molecule is CNC(CC(C)C(=O)O)c1cc(F)ccc1F. The zero-order valence-electron chi connectivity index (χ0n) is 9.71. The van der Waals surface area contributed by atoms with Crippen LogP contribution in [0.15, 0.2) is 18.2 Å². The lowest BCUT2D eigenvalue weighted by molar-refractivity contribution is -0.141. The summed E-state index contributed by atoms with van der Waals surface area (Å²) >= 11 is 0. The van der Waals surface area contributed by atoms with E-state index in [1.807, 2.05) is 0 Å². The van der Waals surface area contributed by atoms with Gasteiger partial charge in [0.15, 0.2) is 0 Å². The summed E-state index contributed by atoms with van der Waals surface area (Å²) in [6.45, 7) is 1.53. The highest BCUT2D eigenvalue weighted by Crippen LogP contribution is 2.24. The van der Waals surface area contributed by atoms with E-state index in [1.165, 1.54) is 6.92 Å². The standard InChI is InChI=1S/C12H15F2NO2/c1-7(12(16)17)5-11(15-2)9-6-8(13)3-4-10(9)14/h3-4,6-7,11,15H,5H2,1-2H3,(H,16,17). The molecule has 0 heterocycles. The van der Waals surface area contributed by atoms with Gasteiger partial charge in [-0.25, -0.2) is 8.78 Å². The van der Waals surface area contributed by atoms with Gasteiger partial charge in [-0.05, 0) is 31.7 Å². The quantitative estimate of drug-likeness (QED) is 0.834. The summed E-state index contributed by atoms with van der Waals surface area (Å²) in [6.07, 6.45) is 0.201. The zero-order chi connectivity index (χ0) is 13.0. The second kappa shape index (κ2) is 5.72. The summed E-state index contributed by atoms with van der Waals surface area (Å²) < 4.78 is 26.5. The van der Waals surface area contributed by atoms with Crippen LogP contribution in [0.4, 0.5) is 8.78 Å². The Bertz CT molecular complexity index is 409. The Morgan fingerprint density at radius 3 is 2.65 bits per heavy atom. The fourth-order valence-electron chi connectivity index (χ4n) is 1.64. The van der Waals surface area contributed by atoms with E-state index in [9.17, 15) is 13.6 Å². The molecule has 0 spiro atoms. The van der Waals surface area contributed by atoms with Crippen LogP contribution in [-0.4, -0.2) is 18.1 Å². The van der Waals surface area contributed by atoms with Crippen LogP contribution >= 0.6 is 0 Å². The van der Waals surface area contributed by atoms with Crippen LogP contribution in [0.2, 0.25) is 0 Å². The Balaban J connectivity index is 2.93. The maximum absolute atomic E-state index is 13.5. The number of carboxylic acids is 1. The van der Waals surface area contributed by atoms with Crippen LogP contribution in [0.3, 0.4) is 0 Å². The van der Waals surface area contributed by atoms with E-state index >= 15 is 0 Å². The highest BCUT2D eigenvalue weighted by atomic mass is 19.1. The molecule has 0 amide bonds. The number of aliphatic carboxylic acids is 1. The topological polar surface area (TPSA) is 49.3 Å². The van der Waals surface area contributed by atoms with Gasteiger partial charge >= 0.3 is 5.97 Å². The number of benzene rings is 1. The maximum atomic E-state index is 13.5. The van der Waals surface area contributed by atoms with Gasteiger partial charge in [0, 0.05) is 11.6 Å². The second-order valence-corrected chi connectivity index (χ2v) is 3.98. The monoisotopic (exact) mass is 243 g/mol. The normalized spacial score (nSPS) is 14.4. The average Bonchev–Trinajstić information content (AvgIpc) is 2.29. The van der Waals surface area contributed by atoms with Crippen molar-refractivity contribution in [2.24, 2.45) is 5.92 Å². The van der Waals surface area contributed by atoms with E-state index < -0.39 is 29.6 Å². The average molecular weight is 243 g/mol. The lowest BCUT2D eigenvalue weighted by Gasteiger charge is -2.19. The fraction of sp³-hybridized carbons (Fsp3) is 0.417. The van der Waals surface area contributed by atoms with Crippen molar-refractivity contribution in [2.75, 3.05) is 7.05 Å². The number of carbonyl (C=O) groups is 1. The predicted molar refractivity (Wildman–Crippen MR) is 59.6 cm³/mol. The Kier molecular flexibility index (Phi) is 4.57. The van der Waals surface area contributed by atoms with Gasteiger partial charge in [-0.15, -0.1) is 0 Å². The van der Waals surface area contributed by atoms with Gasteiger partial charge < -0.3 is 10.4 Å². The van der Waals surface area contributed by atoms with E-state index in [4.69, 9.17) is 5.11 Å². The number of carboxylic acid groups (broad SMARTS) is 1. The molecule has 2 atom stereocenters. The maximum Gasteiger partial charge on any atom is 0.306 e. The molecular weight excluding hydrogens is 228 g/mol. The minimum atomic E-state index is -0.956. The first-order valence-corrected chi connectivity index (χ1v) is 5.30. The lowest BCUT2D eigenvalue weighted by Crippen LogP contribution is -2.23. The van der Waals surface area contributed by atoms with E-state index in [1.54, 1.807) is 7.05 Å². The van der Waals surface area contributed by atoms with Gasteiger partial charge in [0.05, 0.1) is 5.92 Å². The predicted octanol–water partition coefficient (Wildman–Crippen LogP) is 2.34. The van der Waals surface area contributed by atoms with Gasteiger partial charge in [0.2, 0.25) is 0 Å². The van der Waals surface area contributed by atoms with Crippen molar-refractivity contribution in [3.63, 3.8) is 0 Å². The van der Waals surface area contributed by atoms with Crippen molar-refractivity contribution < 1.29 is 18.7 Å². The molecule has 1 aromatic rings. The van der Waals surface area contributed by atoms with Crippen molar-refractivity contribution in [3.8, 4) is 0 Å². The summed E-state index contributed by atoms with van der Waals surface area (Å²) in [7, 11) is 1.59. The molecule has 0 aliphatic carbocycles. The first-order valence-electron chi connectivity index (χ1n) is 5.30. The van der Waals surface area contributed by atoms with E-state index in [0.29, 0.717) is 0 Å². The van der Waals surface area contributed by atoms with Crippen molar-refractivity contribution in [1.82, 2.24) is 5.32 Å². The van der Waals surface area contributed by atoms with Crippen LogP contribution in [0.1, 0.15) is 24.9 Å². The molecule has 0 aliphatic rings. The van der Waals surface area contributed by atoms with Crippen molar-refractivity contribution in [1.29, 1.82) is 0 Å². The highest BCUT2D eigenvalue weighted by molar-refractivity contribution is 5.69. The van der Waals surface area contributed by atoms with Crippen molar-refractivity contribution in [3.05, 3.63) is 35.4 Å². The summed E-state index contributed by atoms with van der Waals surface area (Å²) in [5, 5.41) is 11.6. The van der Waals surface area contributed by atoms with Gasteiger partial charge in [-0.2, -0.15) is 0 Å². The number of hydrogen-bond donors (Lipinski definition) is 2. The molecule has 3 nitrogen and oxygen atoms in total. The van der Waals surface area contributed by atoms with Crippen LogP contribution in [0.25, 0.3) is 0 Å². The highest BCUT2D eigenvalue weighted by Gasteiger charge is 2.21. The Morgan fingerprint density at radius 2 is 2.12 bits per heavy atom. The van der Waals surface area contributed by atoms with Crippen molar-refractivity contribution in [2.45, 2.75) is 19.4 Å². The minimum Gasteiger partial charge on any atom is -0.481 e. The van der Waals surface area contributed by atoms with E-state index in [0.717, 1.165) is 18.2 Å².